The third-order valence-electron chi connectivity index (χ3n) is 2.86. The highest BCUT2D eigenvalue weighted by molar-refractivity contribution is 4.76. The smallest absolute Gasteiger partial charge is 0.162 e. The molecule has 0 aliphatic heterocycles. The number of hydrogen-bond donors (Lipinski definition) is 2. The predicted molar refractivity (Wildman–Crippen MR) is 48.7 cm³/mol. The molecule has 1 saturated carbocycles. The molecule has 1 aliphatic carbocycles. The second-order valence-electron chi connectivity index (χ2n) is 4.85. The summed E-state index contributed by atoms with van der Waals surface area (Å²) in [5, 5.41) is 18.8. The molecule has 0 aromatic carbocycles. The van der Waals surface area contributed by atoms with E-state index in [1.165, 1.54) is 0 Å². The van der Waals surface area contributed by atoms with Crippen molar-refractivity contribution >= 4 is 0 Å². The van der Waals surface area contributed by atoms with Gasteiger partial charge in [-0.05, 0) is 31.1 Å². The van der Waals surface area contributed by atoms with Crippen molar-refractivity contribution in [3.8, 4) is 0 Å². The van der Waals surface area contributed by atoms with Crippen molar-refractivity contribution in [2.24, 2.45) is 5.41 Å². The maximum absolute atomic E-state index is 9.41. The standard InChI is InChI=1S/C10H20O2/c1-9(2)5-3-7-10(11,12)8-4-6-9/h11-12H,3-8H2,1-2H3. The Morgan fingerprint density at radius 1 is 0.833 bits per heavy atom. The lowest BCUT2D eigenvalue weighted by molar-refractivity contribution is -0.176. The third-order valence-corrected chi connectivity index (χ3v) is 2.86. The Labute approximate surface area is 74.6 Å². The Bertz CT molecular complexity index is 120. The molecule has 0 saturated heterocycles. The first-order valence-corrected chi connectivity index (χ1v) is 4.86. The van der Waals surface area contributed by atoms with Crippen LogP contribution in [0.3, 0.4) is 0 Å². The molecule has 0 spiro atoms. The van der Waals surface area contributed by atoms with Crippen molar-refractivity contribution in [2.75, 3.05) is 0 Å². The fraction of sp³-hybridized carbons (Fsp3) is 1.00. The second kappa shape index (κ2) is 3.35. The van der Waals surface area contributed by atoms with Crippen molar-refractivity contribution in [3.05, 3.63) is 0 Å². The summed E-state index contributed by atoms with van der Waals surface area (Å²) in [7, 11) is 0. The van der Waals surface area contributed by atoms with Gasteiger partial charge in [0.1, 0.15) is 0 Å². The maximum atomic E-state index is 9.41. The fourth-order valence-electron chi connectivity index (χ4n) is 1.95. The van der Waals surface area contributed by atoms with Crippen molar-refractivity contribution in [2.45, 2.75) is 58.2 Å². The minimum Gasteiger partial charge on any atom is -0.366 e. The van der Waals surface area contributed by atoms with Crippen LogP contribution < -0.4 is 0 Å². The van der Waals surface area contributed by atoms with Crippen LogP contribution in [0.1, 0.15) is 52.4 Å². The van der Waals surface area contributed by atoms with Gasteiger partial charge in [-0.1, -0.05) is 13.8 Å². The van der Waals surface area contributed by atoms with E-state index in [0.717, 1.165) is 25.7 Å². The third kappa shape index (κ3) is 3.11. The van der Waals surface area contributed by atoms with Crippen LogP contribution >= 0.6 is 0 Å². The van der Waals surface area contributed by atoms with Gasteiger partial charge < -0.3 is 10.2 Å². The zero-order valence-electron chi connectivity index (χ0n) is 8.14. The molecule has 0 amide bonds. The van der Waals surface area contributed by atoms with Gasteiger partial charge in [0.25, 0.3) is 0 Å². The van der Waals surface area contributed by atoms with Crippen LogP contribution in [-0.2, 0) is 0 Å². The van der Waals surface area contributed by atoms with E-state index in [4.69, 9.17) is 0 Å². The molecule has 0 bridgehead atoms. The minimum atomic E-state index is -1.38. The van der Waals surface area contributed by atoms with E-state index in [9.17, 15) is 10.2 Å². The summed E-state index contributed by atoms with van der Waals surface area (Å²) in [5.41, 5.74) is 0.399. The Kier molecular flexibility index (Phi) is 2.79. The van der Waals surface area contributed by atoms with Crippen molar-refractivity contribution in [1.82, 2.24) is 0 Å². The van der Waals surface area contributed by atoms with Gasteiger partial charge >= 0.3 is 0 Å². The van der Waals surface area contributed by atoms with Gasteiger partial charge in [-0.15, -0.1) is 0 Å². The number of hydrogen-bond acceptors (Lipinski definition) is 2. The topological polar surface area (TPSA) is 40.5 Å². The molecular weight excluding hydrogens is 152 g/mol. The average molecular weight is 172 g/mol. The average Bonchev–Trinajstić information content (AvgIpc) is 1.82. The highest BCUT2D eigenvalue weighted by atomic mass is 16.5. The quantitative estimate of drug-likeness (QED) is 0.549. The Morgan fingerprint density at radius 3 is 1.67 bits per heavy atom. The van der Waals surface area contributed by atoms with E-state index >= 15 is 0 Å². The normalized spacial score (nSPS) is 29.0. The fourth-order valence-corrected chi connectivity index (χ4v) is 1.95. The Hall–Kier alpha value is -0.0800. The molecule has 1 fully saturated rings. The summed E-state index contributed by atoms with van der Waals surface area (Å²) in [5.74, 6) is -1.38. The van der Waals surface area contributed by atoms with Crippen molar-refractivity contribution in [1.29, 1.82) is 0 Å². The monoisotopic (exact) mass is 172 g/mol. The molecule has 2 N–H and O–H groups in total. The number of rotatable bonds is 0. The molecule has 2 nitrogen and oxygen atoms in total. The van der Waals surface area contributed by atoms with E-state index in [2.05, 4.69) is 13.8 Å². The molecule has 0 atom stereocenters. The first kappa shape index (κ1) is 10.0. The molecule has 1 rings (SSSR count). The second-order valence-corrected chi connectivity index (χ2v) is 4.85. The van der Waals surface area contributed by atoms with Gasteiger partial charge in [0.2, 0.25) is 0 Å². The van der Waals surface area contributed by atoms with E-state index in [0.29, 0.717) is 18.3 Å². The van der Waals surface area contributed by atoms with Crippen LogP contribution in [0.5, 0.6) is 0 Å². The van der Waals surface area contributed by atoms with Gasteiger partial charge in [-0.3, -0.25) is 0 Å². The lowest BCUT2D eigenvalue weighted by atomic mass is 9.78. The summed E-state index contributed by atoms with van der Waals surface area (Å²) in [6.07, 6.45) is 5.15. The molecule has 0 aromatic heterocycles. The molecule has 0 unspecified atom stereocenters. The van der Waals surface area contributed by atoms with Crippen molar-refractivity contribution in [3.63, 3.8) is 0 Å². The molecule has 0 radical (unpaired) electrons. The van der Waals surface area contributed by atoms with Gasteiger partial charge in [0.15, 0.2) is 5.79 Å². The Balaban J connectivity index is 2.45. The van der Waals surface area contributed by atoms with Crippen LogP contribution in [0.25, 0.3) is 0 Å². The SMILES string of the molecule is CC1(C)CCCC(O)(O)CCC1. The van der Waals surface area contributed by atoms with Gasteiger partial charge in [0, 0.05) is 12.8 Å². The van der Waals surface area contributed by atoms with Gasteiger partial charge in [-0.2, -0.15) is 0 Å². The molecule has 1 aliphatic rings. The molecule has 12 heavy (non-hydrogen) atoms. The van der Waals surface area contributed by atoms with Crippen LogP contribution in [0.2, 0.25) is 0 Å². The van der Waals surface area contributed by atoms with E-state index in [1.54, 1.807) is 0 Å². The molecule has 0 aromatic rings. The summed E-state index contributed by atoms with van der Waals surface area (Å²) in [6, 6.07) is 0. The first-order valence-electron chi connectivity index (χ1n) is 4.86. The summed E-state index contributed by atoms with van der Waals surface area (Å²) < 4.78 is 0. The van der Waals surface area contributed by atoms with E-state index in [1.807, 2.05) is 0 Å². The lowest BCUT2D eigenvalue weighted by Gasteiger charge is -2.31. The van der Waals surface area contributed by atoms with Gasteiger partial charge in [0.05, 0.1) is 0 Å². The molecular formula is C10H20O2. The summed E-state index contributed by atoms with van der Waals surface area (Å²) in [4.78, 5) is 0. The molecule has 72 valence electrons. The van der Waals surface area contributed by atoms with E-state index < -0.39 is 5.79 Å². The molecule has 2 heteroatoms. The zero-order chi connectivity index (χ0) is 9.24. The van der Waals surface area contributed by atoms with Crippen LogP contribution in [0.4, 0.5) is 0 Å². The lowest BCUT2D eigenvalue weighted by Crippen LogP contribution is -2.30. The highest BCUT2D eigenvalue weighted by Crippen LogP contribution is 2.35. The molecule has 0 heterocycles. The van der Waals surface area contributed by atoms with E-state index in [-0.39, 0.29) is 0 Å². The maximum Gasteiger partial charge on any atom is 0.162 e. The zero-order valence-corrected chi connectivity index (χ0v) is 8.14. The minimum absolute atomic E-state index is 0.399. The predicted octanol–water partition coefficient (Wildman–Crippen LogP) is 2.05. The first-order chi connectivity index (χ1) is 5.41. The summed E-state index contributed by atoms with van der Waals surface area (Å²) >= 11 is 0. The largest absolute Gasteiger partial charge is 0.366 e. The Morgan fingerprint density at radius 2 is 1.25 bits per heavy atom. The van der Waals surface area contributed by atoms with Gasteiger partial charge in [-0.25, -0.2) is 0 Å². The van der Waals surface area contributed by atoms with Crippen LogP contribution in [0, 0.1) is 5.41 Å². The summed E-state index contributed by atoms with van der Waals surface area (Å²) in [6.45, 7) is 4.52. The van der Waals surface area contributed by atoms with Crippen LogP contribution in [-0.4, -0.2) is 16.0 Å². The van der Waals surface area contributed by atoms with Crippen LogP contribution in [0.15, 0.2) is 0 Å². The number of aliphatic hydroxyl groups is 2. The highest BCUT2D eigenvalue weighted by Gasteiger charge is 2.28. The van der Waals surface area contributed by atoms with Crippen molar-refractivity contribution < 1.29 is 10.2 Å².